The Hall–Kier alpha value is -1.61. The molecule has 1 heterocycles. The van der Waals surface area contributed by atoms with E-state index in [1.807, 2.05) is 22.9 Å². The number of fused-ring (bicyclic) bond motifs is 1. The highest BCUT2D eigenvalue weighted by atomic mass is 16.3. The summed E-state index contributed by atoms with van der Waals surface area (Å²) in [6.07, 6.45) is 5.02. The average molecular weight is 228 g/mol. The van der Waals surface area contributed by atoms with Crippen LogP contribution in [0.3, 0.4) is 0 Å². The highest BCUT2D eigenvalue weighted by molar-refractivity contribution is 5.37. The molecule has 3 heteroatoms. The SMILES string of the molecule is CCn1ccnc1C1(O)Cc2ccccc2C1. The molecular weight excluding hydrogens is 212 g/mol. The molecule has 1 aliphatic carbocycles. The molecular formula is C14H16N2O. The fraction of sp³-hybridized carbons (Fsp3) is 0.357. The number of rotatable bonds is 2. The lowest BCUT2D eigenvalue weighted by molar-refractivity contribution is 0.0353. The van der Waals surface area contributed by atoms with Crippen LogP contribution < -0.4 is 0 Å². The molecule has 0 aliphatic heterocycles. The van der Waals surface area contributed by atoms with Crippen LogP contribution in [0.25, 0.3) is 0 Å². The molecule has 1 aromatic carbocycles. The predicted octanol–water partition coefficient (Wildman–Crippen LogP) is 1.89. The van der Waals surface area contributed by atoms with Crippen molar-refractivity contribution in [2.75, 3.05) is 0 Å². The molecule has 1 aliphatic rings. The maximum Gasteiger partial charge on any atom is 0.141 e. The summed E-state index contributed by atoms with van der Waals surface area (Å²) in [7, 11) is 0. The van der Waals surface area contributed by atoms with Crippen LogP contribution in [0, 0.1) is 0 Å². The third-order valence-electron chi connectivity index (χ3n) is 3.56. The van der Waals surface area contributed by atoms with Gasteiger partial charge in [0.25, 0.3) is 0 Å². The average Bonchev–Trinajstić information content (AvgIpc) is 2.91. The van der Waals surface area contributed by atoms with Gasteiger partial charge in [-0.05, 0) is 18.1 Å². The van der Waals surface area contributed by atoms with Gasteiger partial charge in [-0.3, -0.25) is 0 Å². The van der Waals surface area contributed by atoms with Crippen molar-refractivity contribution < 1.29 is 5.11 Å². The van der Waals surface area contributed by atoms with E-state index < -0.39 is 5.60 Å². The highest BCUT2D eigenvalue weighted by Gasteiger charge is 2.39. The number of aryl methyl sites for hydroxylation is 1. The Morgan fingerprint density at radius 1 is 1.29 bits per heavy atom. The maximum atomic E-state index is 10.8. The molecule has 0 amide bonds. The van der Waals surface area contributed by atoms with Gasteiger partial charge >= 0.3 is 0 Å². The fourth-order valence-electron chi connectivity index (χ4n) is 2.72. The minimum atomic E-state index is -0.830. The molecule has 0 fully saturated rings. The number of hydrogen-bond donors (Lipinski definition) is 1. The second-order valence-electron chi connectivity index (χ2n) is 4.69. The van der Waals surface area contributed by atoms with Crippen LogP contribution in [0.15, 0.2) is 36.7 Å². The van der Waals surface area contributed by atoms with E-state index in [1.165, 1.54) is 11.1 Å². The number of benzene rings is 1. The van der Waals surface area contributed by atoms with Crippen molar-refractivity contribution in [3.05, 3.63) is 53.6 Å². The molecule has 0 saturated carbocycles. The quantitative estimate of drug-likeness (QED) is 0.852. The van der Waals surface area contributed by atoms with E-state index in [-0.39, 0.29) is 0 Å². The molecule has 0 spiro atoms. The number of aliphatic hydroxyl groups is 1. The van der Waals surface area contributed by atoms with Crippen molar-refractivity contribution in [1.82, 2.24) is 9.55 Å². The Bertz CT molecular complexity index is 520. The number of imidazole rings is 1. The van der Waals surface area contributed by atoms with Gasteiger partial charge in [0.05, 0.1) is 0 Å². The molecule has 0 bridgehead atoms. The van der Waals surface area contributed by atoms with Crippen molar-refractivity contribution in [3.8, 4) is 0 Å². The van der Waals surface area contributed by atoms with Gasteiger partial charge in [-0.1, -0.05) is 24.3 Å². The summed E-state index contributed by atoms with van der Waals surface area (Å²) in [5.41, 5.74) is 1.64. The van der Waals surface area contributed by atoms with E-state index in [9.17, 15) is 5.11 Å². The van der Waals surface area contributed by atoms with Crippen molar-refractivity contribution >= 4 is 0 Å². The van der Waals surface area contributed by atoms with E-state index in [1.54, 1.807) is 6.20 Å². The zero-order valence-electron chi connectivity index (χ0n) is 9.93. The first-order valence-corrected chi connectivity index (χ1v) is 6.04. The topological polar surface area (TPSA) is 38.0 Å². The standard InChI is InChI=1S/C14H16N2O/c1-2-16-8-7-15-13(16)14(17)9-11-5-3-4-6-12(11)10-14/h3-8,17H,2,9-10H2,1H3. The van der Waals surface area contributed by atoms with Gasteiger partial charge in [0, 0.05) is 31.8 Å². The Kier molecular flexibility index (Phi) is 2.30. The zero-order valence-corrected chi connectivity index (χ0v) is 9.93. The van der Waals surface area contributed by atoms with Gasteiger partial charge in [0.15, 0.2) is 0 Å². The van der Waals surface area contributed by atoms with Crippen molar-refractivity contribution in [2.45, 2.75) is 31.9 Å². The molecule has 0 radical (unpaired) electrons. The van der Waals surface area contributed by atoms with E-state index in [0.29, 0.717) is 12.8 Å². The number of hydrogen-bond acceptors (Lipinski definition) is 2. The molecule has 1 N–H and O–H groups in total. The van der Waals surface area contributed by atoms with Crippen LogP contribution in [0.5, 0.6) is 0 Å². The summed E-state index contributed by atoms with van der Waals surface area (Å²) in [6.45, 7) is 2.91. The van der Waals surface area contributed by atoms with Gasteiger partial charge in [0.1, 0.15) is 11.4 Å². The Morgan fingerprint density at radius 3 is 2.53 bits per heavy atom. The van der Waals surface area contributed by atoms with Crippen molar-refractivity contribution in [2.24, 2.45) is 0 Å². The van der Waals surface area contributed by atoms with Crippen molar-refractivity contribution in [1.29, 1.82) is 0 Å². The molecule has 2 aromatic rings. The van der Waals surface area contributed by atoms with E-state index >= 15 is 0 Å². The largest absolute Gasteiger partial charge is 0.381 e. The molecule has 1 aromatic heterocycles. The van der Waals surface area contributed by atoms with Crippen LogP contribution in [-0.4, -0.2) is 14.7 Å². The van der Waals surface area contributed by atoms with Crippen LogP contribution in [-0.2, 0) is 25.0 Å². The zero-order chi connectivity index (χ0) is 11.9. The van der Waals surface area contributed by atoms with Gasteiger partial charge < -0.3 is 9.67 Å². The third-order valence-corrected chi connectivity index (χ3v) is 3.56. The predicted molar refractivity (Wildman–Crippen MR) is 65.6 cm³/mol. The smallest absolute Gasteiger partial charge is 0.141 e. The Balaban J connectivity index is 2.01. The maximum absolute atomic E-state index is 10.8. The molecule has 0 saturated heterocycles. The normalized spacial score (nSPS) is 17.1. The van der Waals surface area contributed by atoms with Crippen molar-refractivity contribution in [3.63, 3.8) is 0 Å². The molecule has 3 rings (SSSR count). The van der Waals surface area contributed by atoms with E-state index in [2.05, 4.69) is 24.0 Å². The lowest BCUT2D eigenvalue weighted by atomic mass is 9.99. The second kappa shape index (κ2) is 3.70. The number of aromatic nitrogens is 2. The highest BCUT2D eigenvalue weighted by Crippen LogP contribution is 2.36. The number of nitrogens with zero attached hydrogens (tertiary/aromatic N) is 2. The molecule has 88 valence electrons. The van der Waals surface area contributed by atoms with Crippen LogP contribution in [0.4, 0.5) is 0 Å². The Morgan fingerprint density at radius 2 is 1.94 bits per heavy atom. The molecule has 0 atom stereocenters. The summed E-state index contributed by atoms with van der Waals surface area (Å²) in [5.74, 6) is 0.788. The van der Waals surface area contributed by atoms with Crippen LogP contribution in [0.2, 0.25) is 0 Å². The van der Waals surface area contributed by atoms with Gasteiger partial charge in [0.2, 0.25) is 0 Å². The Labute approximate surface area is 101 Å². The van der Waals surface area contributed by atoms with Crippen LogP contribution >= 0.6 is 0 Å². The van der Waals surface area contributed by atoms with Gasteiger partial charge in [-0.25, -0.2) is 4.98 Å². The molecule has 17 heavy (non-hydrogen) atoms. The van der Waals surface area contributed by atoms with Crippen LogP contribution in [0.1, 0.15) is 23.9 Å². The summed E-state index contributed by atoms with van der Waals surface area (Å²) in [6, 6.07) is 8.23. The fourth-order valence-corrected chi connectivity index (χ4v) is 2.72. The second-order valence-corrected chi connectivity index (χ2v) is 4.69. The molecule has 0 unspecified atom stereocenters. The van der Waals surface area contributed by atoms with E-state index in [4.69, 9.17) is 0 Å². The third kappa shape index (κ3) is 1.58. The minimum Gasteiger partial charge on any atom is -0.381 e. The first-order valence-electron chi connectivity index (χ1n) is 6.04. The first kappa shape index (κ1) is 10.5. The summed E-state index contributed by atoms with van der Waals surface area (Å²) < 4.78 is 2.02. The summed E-state index contributed by atoms with van der Waals surface area (Å²) in [5, 5.41) is 10.8. The molecule has 3 nitrogen and oxygen atoms in total. The first-order chi connectivity index (χ1) is 8.23. The summed E-state index contributed by atoms with van der Waals surface area (Å²) >= 11 is 0. The lowest BCUT2D eigenvalue weighted by Gasteiger charge is -2.22. The van der Waals surface area contributed by atoms with E-state index in [0.717, 1.165) is 12.4 Å². The van der Waals surface area contributed by atoms with Gasteiger partial charge in [-0.15, -0.1) is 0 Å². The monoisotopic (exact) mass is 228 g/mol. The minimum absolute atomic E-state index is 0.667. The summed E-state index contributed by atoms with van der Waals surface area (Å²) in [4.78, 5) is 4.34. The lowest BCUT2D eigenvalue weighted by Crippen LogP contribution is -2.30. The van der Waals surface area contributed by atoms with Gasteiger partial charge in [-0.2, -0.15) is 0 Å².